The van der Waals surface area contributed by atoms with Gasteiger partial charge in [0.1, 0.15) is 0 Å². The fourth-order valence-electron chi connectivity index (χ4n) is 5.85. The summed E-state index contributed by atoms with van der Waals surface area (Å²) in [5.74, 6) is -1.90. The number of hydrogen-bond acceptors (Lipinski definition) is 5. The zero-order chi connectivity index (χ0) is 32.9. The minimum Gasteiger partial charge on any atom is -1.00 e. The molecule has 0 N–H and O–H groups in total. The van der Waals surface area contributed by atoms with Crippen LogP contribution in [0, 0.1) is 0 Å². The van der Waals surface area contributed by atoms with Crippen LogP contribution in [0.5, 0.6) is 0 Å². The average molecular weight is 709 g/mol. The summed E-state index contributed by atoms with van der Waals surface area (Å²) in [6.45, 7) is 4.89. The topological polar surface area (TPSA) is 69.7 Å². The van der Waals surface area contributed by atoms with Gasteiger partial charge in [0.15, 0.2) is 0 Å². The largest absolute Gasteiger partial charge is 2.00 e. The maximum absolute atomic E-state index is 11.9. The van der Waals surface area contributed by atoms with E-state index in [0.717, 1.165) is 44.3 Å². The van der Waals surface area contributed by atoms with Gasteiger partial charge in [-0.25, -0.2) is 9.59 Å². The van der Waals surface area contributed by atoms with Crippen molar-refractivity contribution in [2.45, 2.75) is 219 Å². The predicted molar refractivity (Wildman–Crippen MR) is 200 cm³/mol. The van der Waals surface area contributed by atoms with Gasteiger partial charge in [-0.2, -0.15) is 0 Å². The van der Waals surface area contributed by atoms with Gasteiger partial charge in [-0.1, -0.05) is 200 Å². The smallest absolute Gasteiger partial charge is 1.00 e. The molecule has 0 aliphatic heterocycles. The third-order valence-electron chi connectivity index (χ3n) is 8.80. The van der Waals surface area contributed by atoms with Crippen LogP contribution in [-0.4, -0.2) is 47.6 Å². The Morgan fingerprint density at radius 3 is 1.02 bits per heavy atom. The van der Waals surface area contributed by atoms with Crippen molar-refractivity contribution in [1.29, 1.82) is 0 Å². The Morgan fingerprint density at radius 1 is 0.417 bits per heavy atom. The molecule has 0 aromatic rings. The first-order valence-corrected chi connectivity index (χ1v) is 19.7. The molecule has 0 saturated heterocycles. The van der Waals surface area contributed by atoms with Crippen LogP contribution in [0.25, 0.3) is 0 Å². The van der Waals surface area contributed by atoms with Crippen molar-refractivity contribution in [2.75, 3.05) is 6.61 Å². The SMILES string of the molecule is CCCCCCCCCCCCCCCCCCOC(=O)/C=C/C(=O)OC(=O)CCCCCCCCCCCCCCCCC.[H-].[H-].[H-].[H-].[Mg+2].[Na+].[Na+]. The second-order valence-corrected chi connectivity index (χ2v) is 13.3. The van der Waals surface area contributed by atoms with Crippen LogP contribution in [0.2, 0.25) is 0 Å². The molecular formula is C40H78MgNa2O5. The molecule has 8 heteroatoms. The molecule has 0 heterocycles. The number of ether oxygens (including phenoxy) is 2. The van der Waals surface area contributed by atoms with E-state index < -0.39 is 17.9 Å². The molecule has 0 bridgehead atoms. The normalized spacial score (nSPS) is 10.6. The first-order valence-electron chi connectivity index (χ1n) is 19.7. The molecule has 0 radical (unpaired) electrons. The van der Waals surface area contributed by atoms with Crippen molar-refractivity contribution in [3.63, 3.8) is 0 Å². The van der Waals surface area contributed by atoms with Gasteiger partial charge in [-0.3, -0.25) is 4.79 Å². The molecule has 0 aromatic heterocycles. The van der Waals surface area contributed by atoms with E-state index in [4.69, 9.17) is 9.47 Å². The van der Waals surface area contributed by atoms with Crippen molar-refractivity contribution >= 4 is 41.0 Å². The third-order valence-corrected chi connectivity index (χ3v) is 8.80. The van der Waals surface area contributed by atoms with E-state index in [1.54, 1.807) is 0 Å². The Hall–Kier alpha value is 1.12. The maximum Gasteiger partial charge on any atom is 2.00 e. The number of rotatable bonds is 35. The van der Waals surface area contributed by atoms with E-state index in [2.05, 4.69) is 13.8 Å². The standard InChI is InChI=1S/C40H74O5.Mg.2Na.4H/c1-3-5-7-9-11-13-15-17-19-21-23-25-27-29-31-33-37-44-38(41)35-36-40(43)45-39(42)34-32-30-28-26-24-22-20-18-16-14-12-10-8-6-4-2;;;;;;;/h35-36H,3-34,37H2,1-2H3;;;;;;;/q;+2;2*+1;4*-1/b36-35+;;;;;;;. The molecule has 0 aliphatic rings. The van der Waals surface area contributed by atoms with E-state index in [1.807, 2.05) is 0 Å². The minimum absolute atomic E-state index is 0. The molecule has 0 atom stereocenters. The molecule has 48 heavy (non-hydrogen) atoms. The number of carbonyl (C=O) groups excluding carboxylic acids is 3. The summed E-state index contributed by atoms with van der Waals surface area (Å²) in [6, 6.07) is 0. The fraction of sp³-hybridized carbons (Fsp3) is 0.875. The molecule has 272 valence electrons. The maximum atomic E-state index is 11.9. The van der Waals surface area contributed by atoms with E-state index >= 15 is 0 Å². The quantitative estimate of drug-likeness (QED) is 0.0240. The van der Waals surface area contributed by atoms with Crippen LogP contribution >= 0.6 is 0 Å². The summed E-state index contributed by atoms with van der Waals surface area (Å²) in [6.07, 6.45) is 42.0. The zero-order valence-electron chi connectivity index (χ0n) is 36.7. The summed E-state index contributed by atoms with van der Waals surface area (Å²) in [7, 11) is 0. The van der Waals surface area contributed by atoms with Crippen LogP contribution in [0.3, 0.4) is 0 Å². The van der Waals surface area contributed by atoms with Gasteiger partial charge < -0.3 is 15.2 Å². The zero-order valence-corrected chi connectivity index (χ0v) is 38.2. The van der Waals surface area contributed by atoms with Crippen molar-refractivity contribution < 1.29 is 88.7 Å². The van der Waals surface area contributed by atoms with E-state index in [9.17, 15) is 14.4 Å². The molecule has 5 nitrogen and oxygen atoms in total. The van der Waals surface area contributed by atoms with Crippen LogP contribution in [0.1, 0.15) is 225 Å². The van der Waals surface area contributed by atoms with Gasteiger partial charge in [0.25, 0.3) is 0 Å². The summed E-state index contributed by atoms with van der Waals surface area (Å²) in [5.41, 5.74) is 0. The van der Waals surface area contributed by atoms with Gasteiger partial charge in [0.05, 0.1) is 6.61 Å². The Balaban J connectivity index is -0.000000461. The minimum atomic E-state index is -0.805. The number of carbonyl (C=O) groups is 3. The fourth-order valence-corrected chi connectivity index (χ4v) is 5.85. The summed E-state index contributed by atoms with van der Waals surface area (Å²) in [4.78, 5) is 35.5. The Kier molecular flexibility index (Phi) is 56.0. The van der Waals surface area contributed by atoms with Gasteiger partial charge in [0.2, 0.25) is 0 Å². The molecule has 0 aromatic carbocycles. The summed E-state index contributed by atoms with van der Waals surface area (Å²) >= 11 is 0. The van der Waals surface area contributed by atoms with E-state index in [-0.39, 0.29) is 94.3 Å². The third kappa shape index (κ3) is 47.1. The van der Waals surface area contributed by atoms with Gasteiger partial charge >= 0.3 is 100 Å². The molecule has 0 fully saturated rings. The number of esters is 3. The molecule has 0 amide bonds. The van der Waals surface area contributed by atoms with Gasteiger partial charge in [0, 0.05) is 18.6 Å². The second-order valence-electron chi connectivity index (χ2n) is 13.3. The first kappa shape index (κ1) is 55.9. The Bertz CT molecular complexity index is 725. The molecule has 0 aliphatic carbocycles. The van der Waals surface area contributed by atoms with Gasteiger partial charge in [-0.05, 0) is 12.8 Å². The van der Waals surface area contributed by atoms with Crippen molar-refractivity contribution in [2.24, 2.45) is 0 Å². The summed E-state index contributed by atoms with van der Waals surface area (Å²) in [5, 5.41) is 0. The van der Waals surface area contributed by atoms with Crippen molar-refractivity contribution in [3.05, 3.63) is 12.2 Å². The molecule has 0 rings (SSSR count). The monoisotopic (exact) mass is 709 g/mol. The van der Waals surface area contributed by atoms with Crippen LogP contribution in [-0.2, 0) is 23.9 Å². The van der Waals surface area contributed by atoms with Crippen molar-refractivity contribution in [3.8, 4) is 0 Å². The molecular weight excluding hydrogens is 631 g/mol. The average Bonchev–Trinajstić information content (AvgIpc) is 3.03. The summed E-state index contributed by atoms with van der Waals surface area (Å²) < 4.78 is 9.94. The van der Waals surface area contributed by atoms with E-state index in [0.29, 0.717) is 6.61 Å². The van der Waals surface area contributed by atoms with Crippen molar-refractivity contribution in [1.82, 2.24) is 0 Å². The first-order chi connectivity index (χ1) is 22.1. The Morgan fingerprint density at radius 2 is 0.688 bits per heavy atom. The van der Waals surface area contributed by atoms with Crippen LogP contribution in [0.4, 0.5) is 0 Å². The second kappa shape index (κ2) is 48.1. The van der Waals surface area contributed by atoms with Gasteiger partial charge in [-0.15, -0.1) is 0 Å². The number of hydrogen-bond donors (Lipinski definition) is 0. The number of unbranched alkanes of at least 4 members (excludes halogenated alkanes) is 29. The van der Waals surface area contributed by atoms with Crippen LogP contribution < -0.4 is 59.1 Å². The predicted octanol–water partition coefficient (Wildman–Crippen LogP) is 6.76. The van der Waals surface area contributed by atoms with Crippen LogP contribution in [0.15, 0.2) is 12.2 Å². The molecule has 0 unspecified atom stereocenters. The molecule has 0 saturated carbocycles. The molecule has 0 spiro atoms. The Labute approximate surface area is 364 Å². The van der Waals surface area contributed by atoms with E-state index in [1.165, 1.54) is 167 Å².